The normalized spacial score (nSPS) is 20.2. The maximum atomic E-state index is 11.7. The van der Waals surface area contributed by atoms with Crippen LogP contribution in [0, 0.1) is 0 Å². The third-order valence-corrected chi connectivity index (χ3v) is 6.45. The van der Waals surface area contributed by atoms with Crippen LogP contribution in [0.15, 0.2) is 48.5 Å². The van der Waals surface area contributed by atoms with Gasteiger partial charge in [-0.2, -0.15) is 0 Å². The molecule has 4 heteroatoms. The Labute approximate surface area is 174 Å². The molecule has 0 saturated carbocycles. The van der Waals surface area contributed by atoms with Crippen molar-refractivity contribution in [3.8, 4) is 0 Å². The van der Waals surface area contributed by atoms with Crippen molar-refractivity contribution in [1.82, 2.24) is 10.2 Å². The van der Waals surface area contributed by atoms with Crippen molar-refractivity contribution in [3.63, 3.8) is 0 Å². The van der Waals surface area contributed by atoms with E-state index in [4.69, 9.17) is 4.74 Å². The Hall–Kier alpha value is -2.17. The van der Waals surface area contributed by atoms with E-state index >= 15 is 0 Å². The van der Waals surface area contributed by atoms with Crippen LogP contribution in [0.2, 0.25) is 0 Å². The Kier molecular flexibility index (Phi) is 6.63. The van der Waals surface area contributed by atoms with Crippen molar-refractivity contribution < 1.29 is 9.53 Å². The summed E-state index contributed by atoms with van der Waals surface area (Å²) < 4.78 is 6.12. The number of rotatable bonds is 6. The summed E-state index contributed by atoms with van der Waals surface area (Å²) in [6, 6.07) is 17.4. The SMILES string of the molecule is CNC(=O)Cc1ccc2c(c1)CCOC2CCN1CCC(c2ccccc2)CC1. The molecule has 29 heavy (non-hydrogen) atoms. The highest BCUT2D eigenvalue weighted by atomic mass is 16.5. The molecule has 1 amide bonds. The van der Waals surface area contributed by atoms with Gasteiger partial charge in [-0.05, 0) is 66.9 Å². The monoisotopic (exact) mass is 392 g/mol. The Morgan fingerprint density at radius 1 is 1.14 bits per heavy atom. The number of nitrogens with one attached hydrogen (secondary N) is 1. The van der Waals surface area contributed by atoms with E-state index in [0.717, 1.165) is 31.6 Å². The van der Waals surface area contributed by atoms with E-state index in [2.05, 4.69) is 58.7 Å². The molecule has 0 aliphatic carbocycles. The fraction of sp³-hybridized carbons (Fsp3) is 0.480. The zero-order chi connectivity index (χ0) is 20.1. The van der Waals surface area contributed by atoms with E-state index in [-0.39, 0.29) is 12.0 Å². The molecule has 4 nitrogen and oxygen atoms in total. The molecule has 2 aliphatic rings. The van der Waals surface area contributed by atoms with Gasteiger partial charge in [0.2, 0.25) is 5.91 Å². The van der Waals surface area contributed by atoms with Crippen LogP contribution in [-0.2, 0) is 22.4 Å². The van der Waals surface area contributed by atoms with Gasteiger partial charge in [0.1, 0.15) is 0 Å². The molecule has 4 rings (SSSR count). The summed E-state index contributed by atoms with van der Waals surface area (Å²) in [6.45, 7) is 4.21. The van der Waals surface area contributed by atoms with Gasteiger partial charge in [0.05, 0.1) is 19.1 Å². The van der Waals surface area contributed by atoms with Crippen molar-refractivity contribution in [1.29, 1.82) is 0 Å². The predicted octanol–water partition coefficient (Wildman–Crippen LogP) is 3.86. The van der Waals surface area contributed by atoms with Gasteiger partial charge in [-0.1, -0.05) is 48.5 Å². The number of ether oxygens (including phenoxy) is 1. The lowest BCUT2D eigenvalue weighted by Gasteiger charge is -2.34. The first kappa shape index (κ1) is 20.1. The smallest absolute Gasteiger partial charge is 0.224 e. The summed E-state index contributed by atoms with van der Waals surface area (Å²) in [6.07, 6.45) is 5.10. The molecule has 1 N–H and O–H groups in total. The standard InChI is InChI=1S/C25H32N2O2/c1-26-25(28)18-19-7-8-23-22(17-19)12-16-29-24(23)11-15-27-13-9-21(10-14-27)20-5-3-2-4-6-20/h2-8,17,21,24H,9-16,18H2,1H3,(H,26,28). The van der Waals surface area contributed by atoms with Gasteiger partial charge >= 0.3 is 0 Å². The van der Waals surface area contributed by atoms with E-state index in [9.17, 15) is 4.79 Å². The van der Waals surface area contributed by atoms with Crippen molar-refractivity contribution >= 4 is 5.91 Å². The fourth-order valence-corrected chi connectivity index (χ4v) is 4.73. The number of likely N-dealkylation sites (tertiary alicyclic amines) is 1. The molecule has 1 unspecified atom stereocenters. The first-order valence-corrected chi connectivity index (χ1v) is 10.9. The summed E-state index contributed by atoms with van der Waals surface area (Å²) in [5.74, 6) is 0.769. The maximum Gasteiger partial charge on any atom is 0.224 e. The Morgan fingerprint density at radius 2 is 1.93 bits per heavy atom. The second kappa shape index (κ2) is 9.55. The molecule has 0 radical (unpaired) electrons. The van der Waals surface area contributed by atoms with Gasteiger partial charge in [-0.3, -0.25) is 4.79 Å². The lowest BCUT2D eigenvalue weighted by Crippen LogP contribution is -2.34. The molecule has 2 aromatic carbocycles. The minimum atomic E-state index is 0.0625. The first-order valence-electron chi connectivity index (χ1n) is 10.9. The molecule has 0 aromatic heterocycles. The van der Waals surface area contributed by atoms with Crippen LogP contribution < -0.4 is 5.32 Å². The van der Waals surface area contributed by atoms with E-state index < -0.39 is 0 Å². The maximum absolute atomic E-state index is 11.7. The van der Waals surface area contributed by atoms with Gasteiger partial charge in [0, 0.05) is 13.6 Å². The zero-order valence-electron chi connectivity index (χ0n) is 17.4. The van der Waals surface area contributed by atoms with Crippen molar-refractivity contribution in [2.75, 3.05) is 33.3 Å². The quantitative estimate of drug-likeness (QED) is 0.812. The predicted molar refractivity (Wildman–Crippen MR) is 116 cm³/mol. The van der Waals surface area contributed by atoms with E-state index in [1.165, 1.54) is 42.6 Å². The molecule has 2 aliphatic heterocycles. The van der Waals surface area contributed by atoms with Crippen LogP contribution in [0.1, 0.15) is 53.5 Å². The van der Waals surface area contributed by atoms with Gasteiger partial charge < -0.3 is 15.0 Å². The number of benzene rings is 2. The van der Waals surface area contributed by atoms with E-state index in [0.29, 0.717) is 12.3 Å². The topological polar surface area (TPSA) is 41.6 Å². The number of hydrogen-bond acceptors (Lipinski definition) is 3. The molecule has 2 aromatic rings. The zero-order valence-corrected chi connectivity index (χ0v) is 17.4. The third-order valence-electron chi connectivity index (χ3n) is 6.45. The molecular weight excluding hydrogens is 360 g/mol. The van der Waals surface area contributed by atoms with Crippen LogP contribution in [-0.4, -0.2) is 44.1 Å². The van der Waals surface area contributed by atoms with Gasteiger partial charge in [-0.25, -0.2) is 0 Å². The minimum Gasteiger partial charge on any atom is -0.373 e. The van der Waals surface area contributed by atoms with Crippen LogP contribution in [0.5, 0.6) is 0 Å². The first-order chi connectivity index (χ1) is 14.2. The Morgan fingerprint density at radius 3 is 2.69 bits per heavy atom. The van der Waals surface area contributed by atoms with Crippen molar-refractivity contribution in [2.24, 2.45) is 0 Å². The summed E-state index contributed by atoms with van der Waals surface area (Å²) in [4.78, 5) is 14.3. The number of likely N-dealkylation sites (N-methyl/N-ethyl adjacent to an activating group) is 1. The molecule has 1 atom stereocenters. The number of nitrogens with zero attached hydrogens (tertiary/aromatic N) is 1. The third kappa shape index (κ3) is 5.06. The second-order valence-corrected chi connectivity index (χ2v) is 8.31. The summed E-state index contributed by atoms with van der Waals surface area (Å²) in [5.41, 5.74) is 5.25. The van der Waals surface area contributed by atoms with Crippen molar-refractivity contribution in [3.05, 3.63) is 70.8 Å². The molecule has 0 bridgehead atoms. The highest BCUT2D eigenvalue weighted by molar-refractivity contribution is 5.78. The van der Waals surface area contributed by atoms with Crippen LogP contribution in [0.3, 0.4) is 0 Å². The Bertz CT molecular complexity index is 813. The number of hydrogen-bond donors (Lipinski definition) is 1. The Balaban J connectivity index is 1.31. The van der Waals surface area contributed by atoms with Gasteiger partial charge in [0.25, 0.3) is 0 Å². The van der Waals surface area contributed by atoms with Crippen LogP contribution >= 0.6 is 0 Å². The highest BCUT2D eigenvalue weighted by Crippen LogP contribution is 2.32. The molecule has 1 fully saturated rings. The average Bonchev–Trinajstić information content (AvgIpc) is 2.78. The molecule has 1 saturated heterocycles. The molecule has 154 valence electrons. The summed E-state index contributed by atoms with van der Waals surface area (Å²) in [7, 11) is 1.69. The number of carbonyl (C=O) groups excluding carboxylic acids is 1. The summed E-state index contributed by atoms with van der Waals surface area (Å²) >= 11 is 0. The lowest BCUT2D eigenvalue weighted by atomic mass is 9.89. The van der Waals surface area contributed by atoms with Crippen LogP contribution in [0.25, 0.3) is 0 Å². The second-order valence-electron chi connectivity index (χ2n) is 8.31. The van der Waals surface area contributed by atoms with Gasteiger partial charge in [-0.15, -0.1) is 0 Å². The molecule has 0 spiro atoms. The molecular formula is C25H32N2O2. The number of fused-ring (bicyclic) bond motifs is 1. The fourth-order valence-electron chi connectivity index (χ4n) is 4.73. The number of carbonyl (C=O) groups is 1. The lowest BCUT2D eigenvalue weighted by molar-refractivity contribution is -0.119. The van der Waals surface area contributed by atoms with E-state index in [1.54, 1.807) is 7.05 Å². The van der Waals surface area contributed by atoms with Gasteiger partial charge in [0.15, 0.2) is 0 Å². The summed E-state index contributed by atoms with van der Waals surface area (Å²) in [5, 5.41) is 2.70. The number of amides is 1. The van der Waals surface area contributed by atoms with Crippen molar-refractivity contribution in [2.45, 2.75) is 44.1 Å². The largest absolute Gasteiger partial charge is 0.373 e. The van der Waals surface area contributed by atoms with Crippen LogP contribution in [0.4, 0.5) is 0 Å². The average molecular weight is 393 g/mol. The van der Waals surface area contributed by atoms with E-state index in [1.807, 2.05) is 0 Å². The highest BCUT2D eigenvalue weighted by Gasteiger charge is 2.24. The number of piperidine rings is 1. The molecule has 2 heterocycles. The minimum absolute atomic E-state index is 0.0625.